The average molecular weight is 278 g/mol. The monoisotopic (exact) mass is 278 g/mol. The van der Waals surface area contributed by atoms with Gasteiger partial charge in [0.1, 0.15) is 0 Å². The quantitative estimate of drug-likeness (QED) is 0.574. The van der Waals surface area contributed by atoms with Crippen molar-refractivity contribution in [1.82, 2.24) is 0 Å². The van der Waals surface area contributed by atoms with Gasteiger partial charge in [0.2, 0.25) is 0 Å². The molecule has 0 bridgehead atoms. The fourth-order valence-corrected chi connectivity index (χ4v) is 2.39. The molecule has 0 aliphatic heterocycles. The van der Waals surface area contributed by atoms with E-state index in [-0.39, 0.29) is 11.0 Å². The van der Waals surface area contributed by atoms with Crippen LogP contribution in [-0.4, -0.2) is 46.6 Å². The number of methoxy groups -OCH3 is 2. The molecule has 0 aromatic heterocycles. The first-order chi connectivity index (χ1) is 8.06. The minimum atomic E-state index is -1.81. The third-order valence-corrected chi connectivity index (χ3v) is 8.42. The van der Waals surface area contributed by atoms with E-state index in [1.807, 2.05) is 6.92 Å². The van der Waals surface area contributed by atoms with Gasteiger partial charge in [-0.2, -0.15) is 0 Å². The van der Waals surface area contributed by atoms with Crippen molar-refractivity contribution in [3.8, 4) is 0 Å². The van der Waals surface area contributed by atoms with Crippen LogP contribution in [0.25, 0.3) is 0 Å². The Bertz CT molecular complexity index is 234. The second-order valence-electron chi connectivity index (χ2n) is 6.34. The lowest BCUT2D eigenvalue weighted by Gasteiger charge is -2.37. The minimum Gasteiger partial charge on any atom is -0.414 e. The fourth-order valence-electron chi connectivity index (χ4n) is 1.37. The number of aliphatic hydroxyl groups excluding tert-OH is 1. The van der Waals surface area contributed by atoms with Crippen LogP contribution in [0.3, 0.4) is 0 Å². The summed E-state index contributed by atoms with van der Waals surface area (Å²) in [5.41, 5.74) is 0. The summed E-state index contributed by atoms with van der Waals surface area (Å²) in [4.78, 5) is 0. The van der Waals surface area contributed by atoms with E-state index in [1.54, 1.807) is 14.2 Å². The van der Waals surface area contributed by atoms with Gasteiger partial charge in [-0.1, -0.05) is 27.7 Å². The van der Waals surface area contributed by atoms with Crippen LogP contribution in [-0.2, 0) is 13.9 Å². The molecule has 2 atom stereocenters. The van der Waals surface area contributed by atoms with E-state index in [9.17, 15) is 5.11 Å². The zero-order valence-electron chi connectivity index (χ0n) is 13.1. The van der Waals surface area contributed by atoms with Crippen molar-refractivity contribution in [1.29, 1.82) is 0 Å². The molecule has 18 heavy (non-hydrogen) atoms. The largest absolute Gasteiger partial charge is 0.414 e. The molecule has 5 heteroatoms. The minimum absolute atomic E-state index is 0.121. The molecule has 0 aliphatic carbocycles. The summed E-state index contributed by atoms with van der Waals surface area (Å²) >= 11 is 0. The van der Waals surface area contributed by atoms with E-state index >= 15 is 0 Å². The van der Waals surface area contributed by atoms with Crippen LogP contribution in [0.2, 0.25) is 18.1 Å². The van der Waals surface area contributed by atoms with Gasteiger partial charge in [0, 0.05) is 20.1 Å². The predicted molar refractivity (Wildman–Crippen MR) is 76.1 cm³/mol. The van der Waals surface area contributed by atoms with E-state index < -0.39 is 20.7 Å². The van der Waals surface area contributed by atoms with Gasteiger partial charge >= 0.3 is 0 Å². The first kappa shape index (κ1) is 18.1. The highest BCUT2D eigenvalue weighted by atomic mass is 28.4. The maximum Gasteiger partial charge on any atom is 0.192 e. The number of rotatable bonds is 7. The van der Waals surface area contributed by atoms with Crippen molar-refractivity contribution >= 4 is 8.32 Å². The Balaban J connectivity index is 4.38. The van der Waals surface area contributed by atoms with Crippen LogP contribution in [0.5, 0.6) is 0 Å². The van der Waals surface area contributed by atoms with Crippen molar-refractivity contribution in [2.24, 2.45) is 5.92 Å². The molecular weight excluding hydrogens is 248 g/mol. The van der Waals surface area contributed by atoms with Gasteiger partial charge < -0.3 is 19.0 Å². The van der Waals surface area contributed by atoms with Crippen molar-refractivity contribution in [2.75, 3.05) is 20.8 Å². The topological polar surface area (TPSA) is 47.9 Å². The fraction of sp³-hybridized carbons (Fsp3) is 1.00. The molecular formula is C13H30O4Si. The third-order valence-electron chi connectivity index (χ3n) is 3.92. The first-order valence-electron chi connectivity index (χ1n) is 6.44. The van der Waals surface area contributed by atoms with Gasteiger partial charge in [0.25, 0.3) is 0 Å². The smallest absolute Gasteiger partial charge is 0.192 e. The molecule has 0 unspecified atom stereocenters. The molecule has 0 radical (unpaired) electrons. The highest BCUT2D eigenvalue weighted by Gasteiger charge is 2.38. The van der Waals surface area contributed by atoms with Crippen molar-refractivity contribution in [3.63, 3.8) is 0 Å². The van der Waals surface area contributed by atoms with E-state index in [4.69, 9.17) is 13.9 Å². The van der Waals surface area contributed by atoms with Crippen LogP contribution in [0.1, 0.15) is 27.7 Å². The van der Waals surface area contributed by atoms with Crippen LogP contribution >= 0.6 is 0 Å². The maximum absolute atomic E-state index is 10.1. The van der Waals surface area contributed by atoms with Crippen molar-refractivity contribution in [3.05, 3.63) is 0 Å². The SMILES string of the molecule is COC(OC)[C@@H](C)[C@@H](O)CO[Si](C)(C)C(C)(C)C. The standard InChI is InChI=1S/C13H30O4Si/c1-10(12(15-5)16-6)11(14)9-17-18(7,8)13(2,3)4/h10-12,14H,9H2,1-8H3/t10-,11-/m0/s1. The summed E-state index contributed by atoms with van der Waals surface area (Å²) in [6, 6.07) is 0. The lowest BCUT2D eigenvalue weighted by molar-refractivity contribution is -0.159. The Morgan fingerprint density at radius 2 is 1.56 bits per heavy atom. The molecule has 4 nitrogen and oxygen atoms in total. The van der Waals surface area contributed by atoms with E-state index in [0.717, 1.165) is 0 Å². The molecule has 0 spiro atoms. The summed E-state index contributed by atoms with van der Waals surface area (Å²) in [7, 11) is 1.34. The van der Waals surface area contributed by atoms with Crippen molar-refractivity contribution in [2.45, 2.75) is 58.2 Å². The first-order valence-corrected chi connectivity index (χ1v) is 9.35. The van der Waals surface area contributed by atoms with E-state index in [2.05, 4.69) is 33.9 Å². The molecule has 0 rings (SSSR count). The number of aliphatic hydroxyl groups is 1. The molecule has 0 aliphatic rings. The molecule has 1 N–H and O–H groups in total. The molecule has 0 amide bonds. The number of hydrogen-bond donors (Lipinski definition) is 1. The second kappa shape index (κ2) is 7.00. The normalized spacial score (nSPS) is 17.0. The maximum atomic E-state index is 10.1. The number of ether oxygens (including phenoxy) is 2. The Kier molecular flexibility index (Phi) is 7.03. The van der Waals surface area contributed by atoms with Crippen LogP contribution in [0, 0.1) is 5.92 Å². The summed E-state index contributed by atoms with van der Waals surface area (Å²) in [5, 5.41) is 10.3. The van der Waals surface area contributed by atoms with E-state index in [1.165, 1.54) is 0 Å². The highest BCUT2D eigenvalue weighted by Crippen LogP contribution is 2.36. The third kappa shape index (κ3) is 4.97. The molecule has 0 saturated heterocycles. The lowest BCUT2D eigenvalue weighted by Crippen LogP contribution is -2.44. The summed E-state index contributed by atoms with van der Waals surface area (Å²) in [5.74, 6) is -0.121. The average Bonchev–Trinajstić information content (AvgIpc) is 2.25. The van der Waals surface area contributed by atoms with Crippen LogP contribution in [0.4, 0.5) is 0 Å². The highest BCUT2D eigenvalue weighted by molar-refractivity contribution is 6.74. The van der Waals surface area contributed by atoms with Gasteiger partial charge in [-0.15, -0.1) is 0 Å². The molecule has 0 saturated carbocycles. The molecule has 0 fully saturated rings. The van der Waals surface area contributed by atoms with Gasteiger partial charge in [-0.25, -0.2) is 0 Å². The Morgan fingerprint density at radius 3 is 1.89 bits per heavy atom. The van der Waals surface area contributed by atoms with Gasteiger partial charge in [-0.3, -0.25) is 0 Å². The predicted octanol–water partition coefficient (Wildman–Crippen LogP) is 2.62. The van der Waals surface area contributed by atoms with Gasteiger partial charge in [0.05, 0.1) is 12.7 Å². The van der Waals surface area contributed by atoms with Gasteiger partial charge in [0.15, 0.2) is 14.6 Å². The zero-order chi connectivity index (χ0) is 14.6. The second-order valence-corrected chi connectivity index (χ2v) is 11.1. The lowest BCUT2D eigenvalue weighted by atomic mass is 10.1. The van der Waals surface area contributed by atoms with E-state index in [0.29, 0.717) is 6.61 Å². The summed E-state index contributed by atoms with van der Waals surface area (Å²) < 4.78 is 16.3. The molecule has 0 heterocycles. The van der Waals surface area contributed by atoms with Crippen molar-refractivity contribution < 1.29 is 19.0 Å². The molecule has 0 aromatic carbocycles. The zero-order valence-corrected chi connectivity index (χ0v) is 14.1. The van der Waals surface area contributed by atoms with Gasteiger partial charge in [-0.05, 0) is 18.1 Å². The Morgan fingerprint density at radius 1 is 1.11 bits per heavy atom. The Labute approximate surface area is 113 Å². The molecule has 110 valence electrons. The Hall–Kier alpha value is 0.0569. The summed E-state index contributed by atoms with van der Waals surface area (Å²) in [6.45, 7) is 13.1. The molecule has 0 aromatic rings. The van der Waals surface area contributed by atoms with Crippen LogP contribution in [0.15, 0.2) is 0 Å². The summed E-state index contributed by atoms with van der Waals surface area (Å²) in [6.07, 6.45) is -0.980. The number of hydrogen-bond acceptors (Lipinski definition) is 4. The van der Waals surface area contributed by atoms with Crippen LogP contribution < -0.4 is 0 Å².